The molecule has 0 aliphatic carbocycles. The van der Waals surface area contributed by atoms with E-state index < -0.39 is 42.0 Å². The van der Waals surface area contributed by atoms with Gasteiger partial charge < -0.3 is 4.74 Å². The third-order valence-corrected chi connectivity index (χ3v) is 1.72. The maximum atomic E-state index is 12.9. The van der Waals surface area contributed by atoms with Crippen LogP contribution in [-0.4, -0.2) is 11.3 Å². The highest BCUT2D eigenvalue weighted by atomic mass is 19.4. The van der Waals surface area contributed by atoms with Gasteiger partial charge in [0.1, 0.15) is 12.2 Å². The van der Waals surface area contributed by atoms with Crippen LogP contribution in [-0.2, 0) is 12.9 Å². The molecule has 2 nitrogen and oxygen atoms in total. The predicted octanol–water partition coefficient (Wildman–Crippen LogP) is 3.61. The van der Waals surface area contributed by atoms with Gasteiger partial charge in [0.25, 0.3) is 0 Å². The topological polar surface area (TPSA) is 22.1 Å². The molecule has 1 rings (SSSR count). The van der Waals surface area contributed by atoms with Crippen LogP contribution in [0.25, 0.3) is 0 Å². The summed E-state index contributed by atoms with van der Waals surface area (Å²) in [6, 6.07) is 0. The first-order valence-electron chi connectivity index (χ1n) is 4.12. The zero-order valence-electron chi connectivity index (χ0n) is 8.16. The van der Waals surface area contributed by atoms with E-state index in [9.17, 15) is 35.1 Å². The van der Waals surface area contributed by atoms with Crippen molar-refractivity contribution in [2.45, 2.75) is 19.2 Å². The molecule has 102 valence electrons. The molecular formula is C8H3F8NO. The molecular weight excluding hydrogens is 278 g/mol. The smallest absolute Gasteiger partial charge is 0.387 e. The number of rotatable bonds is 2. The van der Waals surface area contributed by atoms with Crippen LogP contribution in [0.15, 0.2) is 6.20 Å². The molecule has 0 aliphatic heterocycles. The Kier molecular flexibility index (Phi) is 3.67. The van der Waals surface area contributed by atoms with Crippen molar-refractivity contribution in [2.75, 3.05) is 0 Å². The molecule has 0 saturated carbocycles. The van der Waals surface area contributed by atoms with Crippen molar-refractivity contribution >= 4 is 0 Å². The molecule has 0 saturated heterocycles. The van der Waals surface area contributed by atoms with E-state index in [0.717, 1.165) is 0 Å². The highest BCUT2D eigenvalue weighted by Gasteiger charge is 2.41. The Morgan fingerprint density at radius 3 is 2.06 bits per heavy atom. The van der Waals surface area contributed by atoms with Crippen LogP contribution in [0, 0.1) is 5.82 Å². The van der Waals surface area contributed by atoms with Crippen LogP contribution in [0.3, 0.4) is 0 Å². The van der Waals surface area contributed by atoms with Gasteiger partial charge in [0.05, 0.1) is 11.8 Å². The molecule has 10 heteroatoms. The van der Waals surface area contributed by atoms with Crippen molar-refractivity contribution in [1.29, 1.82) is 0 Å². The average molecular weight is 281 g/mol. The largest absolute Gasteiger partial charge is 0.574 e. The fourth-order valence-corrected chi connectivity index (χ4v) is 1.14. The number of ether oxygens (including phenoxy) is 1. The van der Waals surface area contributed by atoms with Crippen molar-refractivity contribution < 1.29 is 39.9 Å². The summed E-state index contributed by atoms with van der Waals surface area (Å²) in [5.74, 6) is -3.65. The fourth-order valence-electron chi connectivity index (χ4n) is 1.14. The lowest BCUT2D eigenvalue weighted by Crippen LogP contribution is -2.21. The predicted molar refractivity (Wildman–Crippen MR) is 40.7 cm³/mol. The summed E-state index contributed by atoms with van der Waals surface area (Å²) in [5, 5.41) is 0. The van der Waals surface area contributed by atoms with E-state index in [4.69, 9.17) is 0 Å². The summed E-state index contributed by atoms with van der Waals surface area (Å²) >= 11 is 0. The van der Waals surface area contributed by atoms with E-state index in [-0.39, 0.29) is 6.20 Å². The number of hydrogen-bond donors (Lipinski definition) is 0. The lowest BCUT2D eigenvalue weighted by atomic mass is 10.1. The molecule has 0 spiro atoms. The number of halogens is 8. The second kappa shape index (κ2) is 4.58. The summed E-state index contributed by atoms with van der Waals surface area (Å²) in [6.07, 6.45) is -10.8. The maximum absolute atomic E-state index is 12.9. The standard InChI is InChI=1S/C8H3F8NO/c9-1-3-5(7(11,12)13)4(10)2-17-6(3)18-8(14,15)16/h2H,1H2. The van der Waals surface area contributed by atoms with Gasteiger partial charge in [-0.15, -0.1) is 13.2 Å². The van der Waals surface area contributed by atoms with Gasteiger partial charge in [-0.05, 0) is 0 Å². The van der Waals surface area contributed by atoms with Crippen LogP contribution >= 0.6 is 0 Å². The minimum Gasteiger partial charge on any atom is -0.387 e. The van der Waals surface area contributed by atoms with Crippen LogP contribution in [0.5, 0.6) is 5.88 Å². The van der Waals surface area contributed by atoms with E-state index in [0.29, 0.717) is 0 Å². The Labute approximate surface area is 94.2 Å². The van der Waals surface area contributed by atoms with E-state index in [1.54, 1.807) is 0 Å². The number of aromatic nitrogens is 1. The highest BCUT2D eigenvalue weighted by Crippen LogP contribution is 2.38. The second-order valence-corrected chi connectivity index (χ2v) is 2.94. The van der Waals surface area contributed by atoms with Gasteiger partial charge in [0.15, 0.2) is 5.82 Å². The first kappa shape index (κ1) is 14.5. The lowest BCUT2D eigenvalue weighted by molar-refractivity contribution is -0.276. The van der Waals surface area contributed by atoms with Crippen molar-refractivity contribution in [3.05, 3.63) is 23.1 Å². The molecule has 0 N–H and O–H groups in total. The minimum atomic E-state index is -5.36. The summed E-state index contributed by atoms with van der Waals surface area (Å²) in [6.45, 7) is -2.01. The monoisotopic (exact) mass is 281 g/mol. The Bertz CT molecular complexity index is 438. The lowest BCUT2D eigenvalue weighted by Gasteiger charge is -2.15. The van der Waals surface area contributed by atoms with Gasteiger partial charge in [-0.25, -0.2) is 13.8 Å². The molecule has 0 aromatic carbocycles. The van der Waals surface area contributed by atoms with Crippen molar-refractivity contribution in [3.8, 4) is 5.88 Å². The van der Waals surface area contributed by atoms with Crippen molar-refractivity contribution in [3.63, 3.8) is 0 Å². The molecule has 1 heterocycles. The molecule has 18 heavy (non-hydrogen) atoms. The van der Waals surface area contributed by atoms with E-state index >= 15 is 0 Å². The number of pyridine rings is 1. The first-order chi connectivity index (χ1) is 8.06. The normalized spacial score (nSPS) is 12.7. The fraction of sp³-hybridized carbons (Fsp3) is 0.375. The Morgan fingerprint density at radius 1 is 1.11 bits per heavy atom. The summed E-state index contributed by atoms with van der Waals surface area (Å²) in [7, 11) is 0. The third kappa shape index (κ3) is 3.20. The second-order valence-electron chi connectivity index (χ2n) is 2.94. The van der Waals surface area contributed by atoms with Crippen molar-refractivity contribution in [2.24, 2.45) is 0 Å². The van der Waals surface area contributed by atoms with Gasteiger partial charge in [0.2, 0.25) is 5.88 Å². The van der Waals surface area contributed by atoms with Crippen LogP contribution in [0.2, 0.25) is 0 Å². The Hall–Kier alpha value is -1.61. The van der Waals surface area contributed by atoms with Crippen LogP contribution in [0.4, 0.5) is 35.1 Å². The van der Waals surface area contributed by atoms with Crippen LogP contribution < -0.4 is 4.74 Å². The van der Waals surface area contributed by atoms with Gasteiger partial charge in [-0.3, -0.25) is 0 Å². The molecule has 0 unspecified atom stereocenters. The van der Waals surface area contributed by atoms with Gasteiger partial charge >= 0.3 is 12.5 Å². The molecule has 0 aliphatic rings. The Morgan fingerprint density at radius 2 is 1.67 bits per heavy atom. The summed E-state index contributed by atoms with van der Waals surface area (Å²) in [4.78, 5) is 2.65. The number of alkyl halides is 7. The molecule has 0 atom stereocenters. The van der Waals surface area contributed by atoms with Gasteiger partial charge in [-0.1, -0.05) is 0 Å². The van der Waals surface area contributed by atoms with Gasteiger partial charge in [0, 0.05) is 0 Å². The third-order valence-electron chi connectivity index (χ3n) is 1.72. The SMILES string of the molecule is FCc1c(OC(F)(F)F)ncc(F)c1C(F)(F)F. The maximum Gasteiger partial charge on any atom is 0.574 e. The zero-order valence-corrected chi connectivity index (χ0v) is 8.16. The van der Waals surface area contributed by atoms with E-state index in [2.05, 4.69) is 9.72 Å². The number of nitrogens with zero attached hydrogens (tertiary/aromatic N) is 1. The molecule has 0 bridgehead atoms. The zero-order chi connectivity index (χ0) is 14.1. The molecule has 0 radical (unpaired) electrons. The van der Waals surface area contributed by atoms with Crippen molar-refractivity contribution in [1.82, 2.24) is 4.98 Å². The summed E-state index contributed by atoms with van der Waals surface area (Å²) in [5.41, 5.74) is -3.81. The van der Waals surface area contributed by atoms with Crippen LogP contribution in [0.1, 0.15) is 11.1 Å². The molecule has 1 aromatic rings. The van der Waals surface area contributed by atoms with E-state index in [1.807, 2.05) is 0 Å². The minimum absolute atomic E-state index is 0.122. The van der Waals surface area contributed by atoms with E-state index in [1.165, 1.54) is 0 Å². The summed E-state index contributed by atoms with van der Waals surface area (Å²) < 4.78 is 101. The number of hydrogen-bond acceptors (Lipinski definition) is 2. The molecule has 1 aromatic heterocycles. The van der Waals surface area contributed by atoms with Gasteiger partial charge in [-0.2, -0.15) is 13.2 Å². The Balaban J connectivity index is 3.39. The quantitative estimate of drug-likeness (QED) is 0.772. The molecule has 0 amide bonds. The molecule has 0 fully saturated rings. The average Bonchev–Trinajstić information content (AvgIpc) is 2.16. The first-order valence-corrected chi connectivity index (χ1v) is 4.12. The highest BCUT2D eigenvalue weighted by molar-refractivity contribution is 5.37.